The number of carbonyl (C=O) groups excluding carboxylic acids is 1. The maximum Gasteiger partial charge on any atom is 0.227 e. The largest absolute Gasteiger partial charge is 0.340 e. The number of hydrogen-bond donors (Lipinski definition) is 1. The first-order valence-electron chi connectivity index (χ1n) is 5.51. The van der Waals surface area contributed by atoms with Crippen LogP contribution in [0.3, 0.4) is 0 Å². The predicted octanol–water partition coefficient (Wildman–Crippen LogP) is 1.23. The van der Waals surface area contributed by atoms with Crippen LogP contribution in [0.2, 0.25) is 0 Å². The molecule has 2 unspecified atom stereocenters. The fourth-order valence-corrected chi connectivity index (χ4v) is 2.06. The number of nitrogens with two attached hydrogens (primary N) is 1. The van der Waals surface area contributed by atoms with Gasteiger partial charge in [-0.15, -0.1) is 0 Å². The molecular formula is C11H22N2O. The number of likely N-dealkylation sites (tertiary alicyclic amines) is 1. The summed E-state index contributed by atoms with van der Waals surface area (Å²) in [5, 5.41) is 0. The van der Waals surface area contributed by atoms with Crippen molar-refractivity contribution in [2.45, 2.75) is 46.2 Å². The highest BCUT2D eigenvalue weighted by Gasteiger charge is 2.37. The van der Waals surface area contributed by atoms with Crippen LogP contribution in [0.5, 0.6) is 0 Å². The summed E-state index contributed by atoms with van der Waals surface area (Å²) in [6, 6.07) is 0.332. The van der Waals surface area contributed by atoms with Gasteiger partial charge in [-0.25, -0.2) is 0 Å². The second-order valence-corrected chi connectivity index (χ2v) is 4.84. The van der Waals surface area contributed by atoms with Crippen molar-refractivity contribution in [3.63, 3.8) is 0 Å². The smallest absolute Gasteiger partial charge is 0.227 e. The second kappa shape index (κ2) is 4.30. The molecule has 3 heteroatoms. The topological polar surface area (TPSA) is 46.3 Å². The summed E-state index contributed by atoms with van der Waals surface area (Å²) in [4.78, 5) is 13.9. The molecule has 2 atom stereocenters. The van der Waals surface area contributed by atoms with Gasteiger partial charge in [0.2, 0.25) is 5.91 Å². The van der Waals surface area contributed by atoms with E-state index in [2.05, 4.69) is 27.7 Å². The summed E-state index contributed by atoms with van der Waals surface area (Å²) >= 11 is 0. The monoisotopic (exact) mass is 198 g/mol. The Balaban J connectivity index is 2.64. The molecule has 0 aromatic heterocycles. The molecule has 1 aliphatic heterocycles. The van der Waals surface area contributed by atoms with E-state index < -0.39 is 0 Å². The Hall–Kier alpha value is -0.570. The molecule has 0 aromatic carbocycles. The van der Waals surface area contributed by atoms with Crippen LogP contribution in [0.25, 0.3) is 0 Å². The molecule has 14 heavy (non-hydrogen) atoms. The normalized spacial score (nSPS) is 25.2. The first-order valence-corrected chi connectivity index (χ1v) is 5.51. The summed E-state index contributed by atoms with van der Waals surface area (Å²) in [6.07, 6.45) is 0.927. The van der Waals surface area contributed by atoms with Crippen LogP contribution < -0.4 is 5.73 Å². The molecule has 0 aromatic rings. The number of nitrogens with zero attached hydrogens (tertiary/aromatic N) is 1. The van der Waals surface area contributed by atoms with E-state index in [1.165, 1.54) is 0 Å². The zero-order valence-corrected chi connectivity index (χ0v) is 9.66. The average molecular weight is 198 g/mol. The summed E-state index contributed by atoms with van der Waals surface area (Å²) in [5.74, 6) is 0.690. The Morgan fingerprint density at radius 2 is 1.93 bits per heavy atom. The van der Waals surface area contributed by atoms with Gasteiger partial charge >= 0.3 is 0 Å². The fourth-order valence-electron chi connectivity index (χ4n) is 2.06. The molecule has 3 nitrogen and oxygen atoms in total. The highest BCUT2D eigenvalue weighted by atomic mass is 16.2. The molecule has 82 valence electrons. The van der Waals surface area contributed by atoms with E-state index in [-0.39, 0.29) is 17.9 Å². The van der Waals surface area contributed by atoms with Crippen molar-refractivity contribution in [1.82, 2.24) is 4.90 Å². The van der Waals surface area contributed by atoms with Gasteiger partial charge in [0.25, 0.3) is 0 Å². The molecule has 2 N–H and O–H groups in total. The van der Waals surface area contributed by atoms with E-state index in [1.807, 2.05) is 4.90 Å². The van der Waals surface area contributed by atoms with Crippen molar-refractivity contribution in [3.8, 4) is 0 Å². The maximum atomic E-state index is 11.9. The standard InChI is InChI=1S/C11H22N2O/c1-7(2)10(12)9-5-6-13(8(3)4)11(9)14/h7-10H,5-6,12H2,1-4H3. The quantitative estimate of drug-likeness (QED) is 0.741. The molecule has 1 fully saturated rings. The minimum absolute atomic E-state index is 0.0197. The van der Waals surface area contributed by atoms with Crippen molar-refractivity contribution >= 4 is 5.91 Å². The van der Waals surface area contributed by atoms with Crippen LogP contribution in [-0.2, 0) is 4.79 Å². The molecule has 0 saturated carbocycles. The lowest BCUT2D eigenvalue weighted by molar-refractivity contribution is -0.133. The maximum absolute atomic E-state index is 11.9. The van der Waals surface area contributed by atoms with Gasteiger partial charge in [-0.3, -0.25) is 4.79 Å². The molecule has 0 radical (unpaired) electrons. The van der Waals surface area contributed by atoms with Crippen molar-refractivity contribution in [2.24, 2.45) is 17.6 Å². The minimum atomic E-state index is 0.0197. The third kappa shape index (κ3) is 2.08. The summed E-state index contributed by atoms with van der Waals surface area (Å²) < 4.78 is 0. The molecule has 1 saturated heterocycles. The van der Waals surface area contributed by atoms with E-state index in [9.17, 15) is 4.79 Å². The van der Waals surface area contributed by atoms with Gasteiger partial charge in [0.1, 0.15) is 0 Å². The Morgan fingerprint density at radius 3 is 2.29 bits per heavy atom. The number of hydrogen-bond acceptors (Lipinski definition) is 2. The highest BCUT2D eigenvalue weighted by Crippen LogP contribution is 2.25. The van der Waals surface area contributed by atoms with Crippen molar-refractivity contribution in [1.29, 1.82) is 0 Å². The fraction of sp³-hybridized carbons (Fsp3) is 0.909. The lowest BCUT2D eigenvalue weighted by atomic mass is 9.90. The molecular weight excluding hydrogens is 176 g/mol. The Bertz CT molecular complexity index is 213. The summed E-state index contributed by atoms with van der Waals surface area (Å²) in [6.45, 7) is 9.15. The molecule has 0 bridgehead atoms. The Morgan fingerprint density at radius 1 is 1.36 bits per heavy atom. The van der Waals surface area contributed by atoms with E-state index in [0.29, 0.717) is 12.0 Å². The molecule has 1 aliphatic rings. The van der Waals surface area contributed by atoms with E-state index in [4.69, 9.17) is 5.73 Å². The highest BCUT2D eigenvalue weighted by molar-refractivity contribution is 5.81. The van der Waals surface area contributed by atoms with Crippen LogP contribution >= 0.6 is 0 Å². The second-order valence-electron chi connectivity index (χ2n) is 4.84. The minimum Gasteiger partial charge on any atom is -0.340 e. The van der Waals surface area contributed by atoms with Gasteiger partial charge < -0.3 is 10.6 Å². The summed E-state index contributed by atoms with van der Waals surface area (Å²) in [5.41, 5.74) is 6.03. The van der Waals surface area contributed by atoms with Gasteiger partial charge in [-0.1, -0.05) is 13.8 Å². The van der Waals surface area contributed by atoms with E-state index in [0.717, 1.165) is 13.0 Å². The average Bonchev–Trinajstić information content (AvgIpc) is 2.45. The number of carbonyl (C=O) groups is 1. The van der Waals surface area contributed by atoms with Crippen LogP contribution in [0.4, 0.5) is 0 Å². The van der Waals surface area contributed by atoms with Gasteiger partial charge in [-0.2, -0.15) is 0 Å². The molecule has 1 rings (SSSR count). The lowest BCUT2D eigenvalue weighted by Crippen LogP contribution is -2.41. The Labute approximate surface area is 86.6 Å². The molecule has 0 spiro atoms. The van der Waals surface area contributed by atoms with Gasteiger partial charge in [-0.05, 0) is 26.2 Å². The SMILES string of the molecule is CC(C)C(N)C1CCN(C(C)C)C1=O. The zero-order chi connectivity index (χ0) is 10.9. The van der Waals surface area contributed by atoms with E-state index in [1.54, 1.807) is 0 Å². The van der Waals surface area contributed by atoms with Crippen molar-refractivity contribution < 1.29 is 4.79 Å². The van der Waals surface area contributed by atoms with Gasteiger partial charge in [0.15, 0.2) is 0 Å². The first kappa shape index (κ1) is 11.5. The number of amides is 1. The predicted molar refractivity (Wildman–Crippen MR) is 57.8 cm³/mol. The molecule has 0 aliphatic carbocycles. The zero-order valence-electron chi connectivity index (χ0n) is 9.66. The van der Waals surface area contributed by atoms with Crippen molar-refractivity contribution in [3.05, 3.63) is 0 Å². The van der Waals surface area contributed by atoms with Crippen LogP contribution in [-0.4, -0.2) is 29.4 Å². The third-order valence-electron chi connectivity index (χ3n) is 3.14. The lowest BCUT2D eigenvalue weighted by Gasteiger charge is -2.24. The van der Waals surface area contributed by atoms with Gasteiger partial charge in [0.05, 0.1) is 5.92 Å². The van der Waals surface area contributed by atoms with Crippen LogP contribution in [0.15, 0.2) is 0 Å². The third-order valence-corrected chi connectivity index (χ3v) is 3.14. The van der Waals surface area contributed by atoms with Gasteiger partial charge in [0, 0.05) is 18.6 Å². The van der Waals surface area contributed by atoms with Crippen molar-refractivity contribution in [2.75, 3.05) is 6.54 Å². The molecule has 1 heterocycles. The molecule has 1 amide bonds. The van der Waals surface area contributed by atoms with Crippen LogP contribution in [0.1, 0.15) is 34.1 Å². The summed E-state index contributed by atoms with van der Waals surface area (Å²) in [7, 11) is 0. The Kier molecular flexibility index (Phi) is 3.53. The number of rotatable bonds is 3. The van der Waals surface area contributed by atoms with Crippen LogP contribution in [0, 0.1) is 11.8 Å². The first-order chi connectivity index (χ1) is 6.45. The van der Waals surface area contributed by atoms with E-state index >= 15 is 0 Å².